The molecule has 1 aliphatic carbocycles. The molecule has 0 saturated heterocycles. The van der Waals surface area contributed by atoms with Gasteiger partial charge in [-0.1, -0.05) is 0 Å². The molecule has 0 amide bonds. The first kappa shape index (κ1) is 9.27. The van der Waals surface area contributed by atoms with Gasteiger partial charge in [-0.25, -0.2) is 4.39 Å². The van der Waals surface area contributed by atoms with Crippen molar-refractivity contribution in [3.8, 4) is 0 Å². The van der Waals surface area contributed by atoms with E-state index < -0.39 is 11.4 Å². The van der Waals surface area contributed by atoms with E-state index >= 15 is 0 Å². The molecule has 0 aromatic carbocycles. The van der Waals surface area contributed by atoms with Gasteiger partial charge < -0.3 is 5.73 Å². The van der Waals surface area contributed by atoms with E-state index in [1.54, 1.807) is 0 Å². The molecule has 1 fully saturated rings. The molecular formula is C10H11FN2O. The number of ketones is 1. The fourth-order valence-electron chi connectivity index (χ4n) is 1.61. The van der Waals surface area contributed by atoms with Crippen molar-refractivity contribution < 1.29 is 9.18 Å². The largest absolute Gasteiger partial charge is 0.319 e. The van der Waals surface area contributed by atoms with Crippen LogP contribution in [0.25, 0.3) is 0 Å². The number of aromatic nitrogens is 1. The molecule has 1 saturated carbocycles. The van der Waals surface area contributed by atoms with Crippen molar-refractivity contribution in [1.82, 2.24) is 4.98 Å². The summed E-state index contributed by atoms with van der Waals surface area (Å²) in [6.07, 6.45) is 4.76. The molecule has 1 aromatic rings. The van der Waals surface area contributed by atoms with Gasteiger partial charge in [0.05, 0.1) is 11.7 Å². The molecule has 2 N–H and O–H groups in total. The summed E-state index contributed by atoms with van der Waals surface area (Å²) in [5.74, 6) is -0.700. The number of rotatable bonds is 2. The third kappa shape index (κ3) is 1.42. The van der Waals surface area contributed by atoms with E-state index in [4.69, 9.17) is 5.73 Å². The lowest BCUT2D eigenvalue weighted by Crippen LogP contribution is -2.53. The van der Waals surface area contributed by atoms with E-state index in [2.05, 4.69) is 4.98 Å². The van der Waals surface area contributed by atoms with Crippen LogP contribution in [0.2, 0.25) is 0 Å². The summed E-state index contributed by atoms with van der Waals surface area (Å²) >= 11 is 0. The Balaban J connectivity index is 2.27. The summed E-state index contributed by atoms with van der Waals surface area (Å²) in [7, 11) is 0. The fourth-order valence-corrected chi connectivity index (χ4v) is 1.61. The summed E-state index contributed by atoms with van der Waals surface area (Å²) in [6.45, 7) is 0. The SMILES string of the molecule is NC1(C(=O)c2cncc(F)c2)CCC1. The van der Waals surface area contributed by atoms with Crippen LogP contribution < -0.4 is 5.73 Å². The van der Waals surface area contributed by atoms with Crippen LogP contribution in [-0.2, 0) is 0 Å². The van der Waals surface area contributed by atoms with E-state index in [1.165, 1.54) is 12.3 Å². The van der Waals surface area contributed by atoms with Gasteiger partial charge in [-0.3, -0.25) is 9.78 Å². The van der Waals surface area contributed by atoms with Gasteiger partial charge in [0.2, 0.25) is 0 Å². The zero-order chi connectivity index (χ0) is 10.2. The molecule has 2 rings (SSSR count). The summed E-state index contributed by atoms with van der Waals surface area (Å²) in [5.41, 5.74) is 5.33. The van der Waals surface area contributed by atoms with E-state index in [0.717, 1.165) is 12.6 Å². The first-order valence-electron chi connectivity index (χ1n) is 4.56. The second-order valence-electron chi connectivity index (χ2n) is 3.73. The Bertz CT molecular complexity index is 374. The summed E-state index contributed by atoms with van der Waals surface area (Å²) in [5, 5.41) is 0. The van der Waals surface area contributed by atoms with Gasteiger partial charge in [0.1, 0.15) is 5.82 Å². The van der Waals surface area contributed by atoms with Crippen LogP contribution in [0.3, 0.4) is 0 Å². The minimum atomic E-state index is -0.768. The molecule has 1 aromatic heterocycles. The molecule has 74 valence electrons. The number of Topliss-reactive ketones (excluding diaryl/α,β-unsaturated/α-hetero) is 1. The number of halogens is 1. The predicted molar refractivity (Wildman–Crippen MR) is 49.3 cm³/mol. The highest BCUT2D eigenvalue weighted by Gasteiger charge is 2.40. The maximum absolute atomic E-state index is 12.8. The monoisotopic (exact) mass is 194 g/mol. The minimum absolute atomic E-state index is 0.198. The fraction of sp³-hybridized carbons (Fsp3) is 0.400. The highest BCUT2D eigenvalue weighted by atomic mass is 19.1. The topological polar surface area (TPSA) is 56.0 Å². The lowest BCUT2D eigenvalue weighted by Gasteiger charge is -2.36. The molecule has 14 heavy (non-hydrogen) atoms. The normalized spacial score (nSPS) is 18.7. The second-order valence-corrected chi connectivity index (χ2v) is 3.73. The van der Waals surface area contributed by atoms with Crippen molar-refractivity contribution in [2.75, 3.05) is 0 Å². The molecular weight excluding hydrogens is 183 g/mol. The molecule has 0 spiro atoms. The van der Waals surface area contributed by atoms with E-state index in [9.17, 15) is 9.18 Å². The van der Waals surface area contributed by atoms with Gasteiger partial charge in [-0.2, -0.15) is 0 Å². The number of carbonyl (C=O) groups excluding carboxylic acids is 1. The number of pyridine rings is 1. The minimum Gasteiger partial charge on any atom is -0.319 e. The van der Waals surface area contributed by atoms with Gasteiger partial charge in [0, 0.05) is 11.8 Å². The van der Waals surface area contributed by atoms with Crippen LogP contribution in [0.1, 0.15) is 29.6 Å². The first-order valence-corrected chi connectivity index (χ1v) is 4.56. The van der Waals surface area contributed by atoms with E-state index in [-0.39, 0.29) is 11.3 Å². The number of hydrogen-bond donors (Lipinski definition) is 1. The van der Waals surface area contributed by atoms with Crippen molar-refractivity contribution in [2.24, 2.45) is 5.73 Å². The zero-order valence-electron chi connectivity index (χ0n) is 7.66. The zero-order valence-corrected chi connectivity index (χ0v) is 7.66. The Hall–Kier alpha value is -1.29. The van der Waals surface area contributed by atoms with Crippen LogP contribution in [0.15, 0.2) is 18.5 Å². The average molecular weight is 194 g/mol. The average Bonchev–Trinajstić information content (AvgIpc) is 2.13. The van der Waals surface area contributed by atoms with Crippen LogP contribution >= 0.6 is 0 Å². The molecule has 4 heteroatoms. The molecule has 0 unspecified atom stereocenters. The maximum atomic E-state index is 12.8. The Morgan fingerprint density at radius 1 is 1.50 bits per heavy atom. The number of nitrogens with zero attached hydrogens (tertiary/aromatic N) is 1. The van der Waals surface area contributed by atoms with Crippen molar-refractivity contribution in [1.29, 1.82) is 0 Å². The van der Waals surface area contributed by atoms with Crippen molar-refractivity contribution in [3.63, 3.8) is 0 Å². The van der Waals surface area contributed by atoms with Crippen molar-refractivity contribution in [3.05, 3.63) is 29.8 Å². The third-order valence-corrected chi connectivity index (χ3v) is 2.67. The molecule has 3 nitrogen and oxygen atoms in total. The summed E-state index contributed by atoms with van der Waals surface area (Å²) in [4.78, 5) is 15.4. The number of nitrogens with two attached hydrogens (primary N) is 1. The van der Waals surface area contributed by atoms with Gasteiger partial charge >= 0.3 is 0 Å². The smallest absolute Gasteiger partial charge is 0.184 e. The van der Waals surface area contributed by atoms with Gasteiger partial charge in [-0.05, 0) is 25.3 Å². The first-order chi connectivity index (χ1) is 6.62. The Labute approximate surface area is 81.1 Å². The van der Waals surface area contributed by atoms with Gasteiger partial charge in [0.25, 0.3) is 0 Å². The van der Waals surface area contributed by atoms with Crippen molar-refractivity contribution >= 4 is 5.78 Å². The number of hydrogen-bond acceptors (Lipinski definition) is 3. The second kappa shape index (κ2) is 3.13. The van der Waals surface area contributed by atoms with Crippen LogP contribution in [0.4, 0.5) is 4.39 Å². The summed E-state index contributed by atoms with van der Waals surface area (Å²) < 4.78 is 12.8. The molecule has 0 atom stereocenters. The quantitative estimate of drug-likeness (QED) is 0.721. The predicted octanol–water partition coefficient (Wildman–Crippen LogP) is 1.28. The summed E-state index contributed by atoms with van der Waals surface area (Å²) in [6, 6.07) is 1.18. The van der Waals surface area contributed by atoms with E-state index in [1.807, 2.05) is 0 Å². The van der Waals surface area contributed by atoms with Crippen molar-refractivity contribution in [2.45, 2.75) is 24.8 Å². The molecule has 1 aliphatic rings. The van der Waals surface area contributed by atoms with Crippen LogP contribution in [-0.4, -0.2) is 16.3 Å². The van der Waals surface area contributed by atoms with Crippen LogP contribution in [0, 0.1) is 5.82 Å². The Morgan fingerprint density at radius 3 is 2.71 bits per heavy atom. The van der Waals surface area contributed by atoms with Crippen LogP contribution in [0.5, 0.6) is 0 Å². The van der Waals surface area contributed by atoms with E-state index in [0.29, 0.717) is 12.8 Å². The lowest BCUT2D eigenvalue weighted by atomic mass is 9.73. The maximum Gasteiger partial charge on any atom is 0.184 e. The molecule has 1 heterocycles. The highest BCUT2D eigenvalue weighted by molar-refractivity contribution is 6.03. The molecule has 0 radical (unpaired) electrons. The highest BCUT2D eigenvalue weighted by Crippen LogP contribution is 2.32. The number of carbonyl (C=O) groups is 1. The Morgan fingerprint density at radius 2 is 2.21 bits per heavy atom. The molecule has 0 aliphatic heterocycles. The third-order valence-electron chi connectivity index (χ3n) is 2.67. The molecule has 0 bridgehead atoms. The van der Waals surface area contributed by atoms with Gasteiger partial charge in [-0.15, -0.1) is 0 Å². The Kier molecular flexibility index (Phi) is 2.07. The van der Waals surface area contributed by atoms with Gasteiger partial charge in [0.15, 0.2) is 5.78 Å². The lowest BCUT2D eigenvalue weighted by molar-refractivity contribution is 0.0800. The standard InChI is InChI=1S/C10H11FN2O/c11-8-4-7(5-13-6-8)9(14)10(12)2-1-3-10/h4-6H,1-3,12H2.